The summed E-state index contributed by atoms with van der Waals surface area (Å²) in [6.45, 7) is 6.32. The van der Waals surface area contributed by atoms with Crippen molar-refractivity contribution in [1.82, 2.24) is 0 Å². The van der Waals surface area contributed by atoms with Crippen LogP contribution in [0.1, 0.15) is 265 Å². The van der Waals surface area contributed by atoms with Crippen LogP contribution in [0.2, 0.25) is 0 Å². The lowest BCUT2D eigenvalue weighted by molar-refractivity contribution is -0.167. The van der Waals surface area contributed by atoms with Crippen LogP contribution in [-0.4, -0.2) is 37.2 Å². The molecule has 83 heavy (non-hydrogen) atoms. The Balaban J connectivity index is 4.54. The molecule has 0 aromatic carbocycles. The highest BCUT2D eigenvalue weighted by atomic mass is 16.6. The molecule has 0 aromatic heterocycles. The molecule has 0 fully saturated rings. The van der Waals surface area contributed by atoms with Gasteiger partial charge in [0, 0.05) is 19.3 Å². The first-order chi connectivity index (χ1) is 41.0. The second kappa shape index (κ2) is 69.0. The molecular weight excluding hydrogens is 1020 g/mol. The van der Waals surface area contributed by atoms with Gasteiger partial charge in [0.15, 0.2) is 6.10 Å². The Kier molecular flexibility index (Phi) is 64.4. The first-order valence-corrected chi connectivity index (χ1v) is 33.3. The summed E-state index contributed by atoms with van der Waals surface area (Å²) in [5.41, 5.74) is 0. The summed E-state index contributed by atoms with van der Waals surface area (Å²) in [4.78, 5) is 38.4. The van der Waals surface area contributed by atoms with E-state index in [2.05, 4.69) is 203 Å². The molecule has 1 atom stereocenters. The monoisotopic (exact) mass is 1140 g/mol. The van der Waals surface area contributed by atoms with E-state index in [0.717, 1.165) is 167 Å². The summed E-state index contributed by atoms with van der Waals surface area (Å²) in [6.07, 6.45) is 103. The number of hydrogen-bond acceptors (Lipinski definition) is 6. The number of hydrogen-bond donors (Lipinski definition) is 0. The number of carbonyl (C=O) groups is 3. The summed E-state index contributed by atoms with van der Waals surface area (Å²) in [5.74, 6) is -1.02. The first kappa shape index (κ1) is 77.5. The van der Waals surface area contributed by atoms with Crippen LogP contribution in [0.5, 0.6) is 0 Å². The molecule has 0 radical (unpaired) electrons. The van der Waals surface area contributed by atoms with Gasteiger partial charge in [0.1, 0.15) is 13.2 Å². The van der Waals surface area contributed by atoms with E-state index >= 15 is 0 Å². The molecule has 0 amide bonds. The number of carbonyl (C=O) groups excluding carboxylic acids is 3. The average Bonchev–Trinajstić information content (AvgIpc) is 3.49. The molecule has 0 saturated heterocycles. The van der Waals surface area contributed by atoms with Gasteiger partial charge >= 0.3 is 17.9 Å². The predicted octanol–water partition coefficient (Wildman–Crippen LogP) is 23.2. The minimum atomic E-state index is -0.830. The molecule has 0 bridgehead atoms. The van der Waals surface area contributed by atoms with Crippen LogP contribution < -0.4 is 0 Å². The summed E-state index contributed by atoms with van der Waals surface area (Å²) in [5, 5.41) is 0. The van der Waals surface area contributed by atoms with Crippen LogP contribution in [0.25, 0.3) is 0 Å². The molecule has 1 unspecified atom stereocenters. The van der Waals surface area contributed by atoms with E-state index in [4.69, 9.17) is 14.2 Å². The largest absolute Gasteiger partial charge is 0.462 e. The lowest BCUT2D eigenvalue weighted by atomic mass is 10.1. The lowest BCUT2D eigenvalue weighted by Gasteiger charge is -2.18. The van der Waals surface area contributed by atoms with Crippen molar-refractivity contribution in [2.75, 3.05) is 13.2 Å². The number of esters is 3. The fourth-order valence-corrected chi connectivity index (χ4v) is 8.46. The Morgan fingerprint density at radius 3 is 0.783 bits per heavy atom. The third-order valence-corrected chi connectivity index (χ3v) is 13.4. The summed E-state index contributed by atoms with van der Waals surface area (Å²) in [6, 6.07) is 0. The highest BCUT2D eigenvalue weighted by Crippen LogP contribution is 2.13. The Labute approximate surface area is 510 Å². The molecule has 0 aliphatic heterocycles. The van der Waals surface area contributed by atoms with Crippen molar-refractivity contribution in [3.8, 4) is 0 Å². The van der Waals surface area contributed by atoms with Gasteiger partial charge in [0.25, 0.3) is 0 Å². The normalized spacial score (nSPS) is 13.3. The minimum absolute atomic E-state index is 0.121. The molecule has 0 N–H and O–H groups in total. The lowest BCUT2D eigenvalue weighted by Crippen LogP contribution is -2.30. The van der Waals surface area contributed by atoms with E-state index in [9.17, 15) is 14.4 Å². The molecule has 0 heterocycles. The van der Waals surface area contributed by atoms with Crippen LogP contribution in [0.15, 0.2) is 182 Å². The van der Waals surface area contributed by atoms with Gasteiger partial charge in [-0.05, 0) is 154 Å². The summed E-state index contributed by atoms with van der Waals surface area (Å²) < 4.78 is 16.9. The van der Waals surface area contributed by atoms with E-state index in [1.807, 2.05) is 0 Å². The fraction of sp³-hybridized carbons (Fsp3) is 0.571. The van der Waals surface area contributed by atoms with Gasteiger partial charge in [-0.2, -0.15) is 0 Å². The van der Waals surface area contributed by atoms with Crippen molar-refractivity contribution in [2.24, 2.45) is 0 Å². The third kappa shape index (κ3) is 67.2. The Bertz CT molecular complexity index is 1940. The molecule has 0 saturated carbocycles. The van der Waals surface area contributed by atoms with Crippen molar-refractivity contribution in [3.63, 3.8) is 0 Å². The van der Waals surface area contributed by atoms with Crippen molar-refractivity contribution in [1.29, 1.82) is 0 Å². The third-order valence-electron chi connectivity index (χ3n) is 13.4. The molecule has 0 aliphatic rings. The van der Waals surface area contributed by atoms with Crippen molar-refractivity contribution in [3.05, 3.63) is 182 Å². The van der Waals surface area contributed by atoms with Gasteiger partial charge < -0.3 is 14.2 Å². The van der Waals surface area contributed by atoms with Crippen LogP contribution in [0, 0.1) is 0 Å². The zero-order valence-electron chi connectivity index (χ0n) is 53.1. The standard InChI is InChI=1S/C77H120O6/c1-4-7-10-13-16-19-22-25-28-31-33-35-36-37-38-39-40-42-43-46-49-52-55-58-61-64-67-70-76(79)82-73-74(72-81-75(78)69-66-63-60-57-54-51-48-45-30-27-24-21-18-15-12-9-6-3)83-77(80)71-68-65-62-59-56-53-50-47-44-41-34-32-29-26-23-20-17-14-11-8-5-2/h7,9-10,12,16,18-19,21,23,25-28,30,32-35,37-38,40,42,44,46-49,51,57,60,74H,4-6,8,11,13-15,17,20,22,24,29,31,36,39,41,43,45,50,52-56,58-59,61-73H2,1-3H3/b10-7-,12-9-,19-16-,21-18-,26-23-,28-25-,30-27-,34-32-,35-33-,38-37-,42-40-,47-44-,49-46-,51-48-,60-57-. The first-order valence-electron chi connectivity index (χ1n) is 33.3. The summed E-state index contributed by atoms with van der Waals surface area (Å²) >= 11 is 0. The molecule has 0 rings (SSSR count). The fourth-order valence-electron chi connectivity index (χ4n) is 8.46. The maximum Gasteiger partial charge on any atom is 0.306 e. The van der Waals surface area contributed by atoms with E-state index in [0.29, 0.717) is 12.8 Å². The van der Waals surface area contributed by atoms with Gasteiger partial charge in [-0.15, -0.1) is 0 Å². The number of allylic oxidation sites excluding steroid dienone is 30. The second-order valence-electron chi connectivity index (χ2n) is 21.3. The molecule has 0 aromatic rings. The van der Waals surface area contributed by atoms with Crippen molar-refractivity contribution < 1.29 is 28.6 Å². The van der Waals surface area contributed by atoms with Crippen LogP contribution in [0.4, 0.5) is 0 Å². The SMILES string of the molecule is CC/C=C\C/C=C\C/C=C\C/C=C\C/C=C\C/C=C\C/C=C\CCCCCCCC(=O)OCC(COC(=O)CCC/C=C\C/C=C\C/C=C\C/C=C\C/C=C\CC)OC(=O)CCCCCCCC/C=C\C/C=C\C/C=C\CCCCCCC. The number of rotatable bonds is 58. The van der Waals surface area contributed by atoms with Crippen LogP contribution >= 0.6 is 0 Å². The predicted molar refractivity (Wildman–Crippen MR) is 361 cm³/mol. The highest BCUT2D eigenvalue weighted by molar-refractivity contribution is 5.71. The number of unbranched alkanes of at least 4 members (excludes halogenated alkanes) is 17. The van der Waals surface area contributed by atoms with E-state index in [1.54, 1.807) is 0 Å². The van der Waals surface area contributed by atoms with Gasteiger partial charge in [-0.1, -0.05) is 274 Å². The Morgan fingerprint density at radius 2 is 0.482 bits per heavy atom. The zero-order valence-corrected chi connectivity index (χ0v) is 53.1. The van der Waals surface area contributed by atoms with Gasteiger partial charge in [0.05, 0.1) is 0 Å². The van der Waals surface area contributed by atoms with Gasteiger partial charge in [0.2, 0.25) is 0 Å². The molecule has 464 valence electrons. The quantitative estimate of drug-likeness (QED) is 0.0261. The maximum absolute atomic E-state index is 12.9. The van der Waals surface area contributed by atoms with E-state index < -0.39 is 6.10 Å². The maximum atomic E-state index is 12.9. The smallest absolute Gasteiger partial charge is 0.306 e. The van der Waals surface area contributed by atoms with Crippen LogP contribution in [0.3, 0.4) is 0 Å². The summed E-state index contributed by atoms with van der Waals surface area (Å²) in [7, 11) is 0. The van der Waals surface area contributed by atoms with Crippen LogP contribution in [-0.2, 0) is 28.6 Å². The molecule has 0 spiro atoms. The Hall–Kier alpha value is -5.49. The van der Waals surface area contributed by atoms with Crippen molar-refractivity contribution in [2.45, 2.75) is 271 Å². The molecule has 6 heteroatoms. The molecule has 6 nitrogen and oxygen atoms in total. The average molecular weight is 1140 g/mol. The number of ether oxygens (including phenoxy) is 3. The topological polar surface area (TPSA) is 78.9 Å². The van der Waals surface area contributed by atoms with E-state index in [1.165, 1.54) is 51.4 Å². The van der Waals surface area contributed by atoms with Gasteiger partial charge in [-0.3, -0.25) is 14.4 Å². The zero-order chi connectivity index (χ0) is 59.9. The highest BCUT2D eigenvalue weighted by Gasteiger charge is 2.19. The second-order valence-corrected chi connectivity index (χ2v) is 21.3. The van der Waals surface area contributed by atoms with Gasteiger partial charge in [-0.25, -0.2) is 0 Å². The minimum Gasteiger partial charge on any atom is -0.462 e. The Morgan fingerprint density at radius 1 is 0.253 bits per heavy atom. The van der Waals surface area contributed by atoms with E-state index in [-0.39, 0.29) is 44.0 Å². The molecular formula is C77H120O6. The van der Waals surface area contributed by atoms with Crippen molar-refractivity contribution >= 4 is 17.9 Å². The molecule has 0 aliphatic carbocycles.